The third-order valence-electron chi connectivity index (χ3n) is 2.60. The van der Waals surface area contributed by atoms with Crippen LogP contribution in [-0.2, 0) is 15.8 Å². The van der Waals surface area contributed by atoms with E-state index in [0.29, 0.717) is 13.1 Å². The molecule has 1 aliphatic rings. The number of hydrogen-bond donors (Lipinski definition) is 2. The third kappa shape index (κ3) is 6.32. The predicted molar refractivity (Wildman–Crippen MR) is 69.6 cm³/mol. The molecule has 0 spiro atoms. The Bertz CT molecular complexity index is 309. The van der Waals surface area contributed by atoms with Crippen LogP contribution in [0.2, 0.25) is 0 Å². The Labute approximate surface area is 110 Å². The molecule has 0 saturated carbocycles. The second-order valence-corrected chi connectivity index (χ2v) is 6.39. The highest BCUT2D eigenvalue weighted by molar-refractivity contribution is 7.79. The Balaban J connectivity index is 2.27. The molecule has 1 unspecified atom stereocenters. The predicted octanol–water partition coefficient (Wildman–Crippen LogP) is 1.15. The van der Waals surface area contributed by atoms with Crippen molar-refractivity contribution in [1.29, 1.82) is 0 Å². The van der Waals surface area contributed by atoms with Crippen LogP contribution in [0.15, 0.2) is 0 Å². The maximum Gasteiger partial charge on any atom is 0.407 e. The van der Waals surface area contributed by atoms with E-state index in [-0.39, 0.29) is 11.9 Å². The normalized spacial score (nSPS) is 20.4. The smallest absolute Gasteiger partial charge is 0.407 e. The van der Waals surface area contributed by atoms with Gasteiger partial charge in [0.15, 0.2) is 11.1 Å². The van der Waals surface area contributed by atoms with Crippen LogP contribution in [0.3, 0.4) is 0 Å². The summed E-state index contributed by atoms with van der Waals surface area (Å²) in [6.45, 7) is 6.91. The Kier molecular flexibility index (Phi) is 5.55. The number of ether oxygens (including phenoxy) is 1. The van der Waals surface area contributed by atoms with Crippen LogP contribution in [0, 0.1) is 0 Å². The molecule has 1 rings (SSSR count). The topological polar surface area (TPSA) is 78.9 Å². The van der Waals surface area contributed by atoms with Crippen LogP contribution < -0.4 is 5.32 Å². The first-order valence-electron chi connectivity index (χ1n) is 6.05. The second kappa shape index (κ2) is 6.49. The molecule has 1 aliphatic heterocycles. The van der Waals surface area contributed by atoms with Gasteiger partial charge in [-0.1, -0.05) is 0 Å². The van der Waals surface area contributed by atoms with Gasteiger partial charge in [-0.3, -0.25) is 4.90 Å². The van der Waals surface area contributed by atoms with Gasteiger partial charge in [0.2, 0.25) is 0 Å². The number of carbonyl (C=O) groups is 1. The maximum atomic E-state index is 11.6. The van der Waals surface area contributed by atoms with Crippen LogP contribution in [-0.4, -0.2) is 50.4 Å². The number of likely N-dealkylation sites (tertiary alicyclic amines) is 1. The highest BCUT2D eigenvalue weighted by Gasteiger charge is 2.23. The second-order valence-electron chi connectivity index (χ2n) is 5.49. The number of carbonyl (C=O) groups excluding carboxylic acids is 1. The molecule has 0 aromatic carbocycles. The fraction of sp³-hybridized carbons (Fsp3) is 0.909. The fourth-order valence-electron chi connectivity index (χ4n) is 1.84. The molecule has 0 radical (unpaired) electrons. The van der Waals surface area contributed by atoms with Crippen molar-refractivity contribution in [1.82, 2.24) is 10.2 Å². The van der Waals surface area contributed by atoms with E-state index in [2.05, 4.69) is 5.32 Å². The molecule has 0 aliphatic carbocycles. The van der Waals surface area contributed by atoms with Gasteiger partial charge >= 0.3 is 6.09 Å². The Morgan fingerprint density at radius 3 is 2.44 bits per heavy atom. The molecular formula is C11H22N2O4S. The van der Waals surface area contributed by atoms with Crippen LogP contribution in [0.25, 0.3) is 0 Å². The minimum Gasteiger partial charge on any atom is -0.444 e. The summed E-state index contributed by atoms with van der Waals surface area (Å²) >= 11 is -1.78. The number of alkyl carbamates (subject to hydrolysis) is 1. The molecule has 0 aromatic rings. The third-order valence-corrected chi connectivity index (χ3v) is 3.19. The number of piperidine rings is 1. The zero-order chi connectivity index (χ0) is 13.8. The molecule has 18 heavy (non-hydrogen) atoms. The van der Waals surface area contributed by atoms with Gasteiger partial charge in [0.05, 0.1) is 0 Å². The van der Waals surface area contributed by atoms with E-state index in [1.165, 1.54) is 0 Å². The Morgan fingerprint density at radius 1 is 1.44 bits per heavy atom. The van der Waals surface area contributed by atoms with E-state index in [1.54, 1.807) is 0 Å². The van der Waals surface area contributed by atoms with Crippen molar-refractivity contribution >= 4 is 17.2 Å². The van der Waals surface area contributed by atoms with Gasteiger partial charge in [-0.25, -0.2) is 9.00 Å². The minimum atomic E-state index is -1.78. The van der Waals surface area contributed by atoms with E-state index in [1.807, 2.05) is 25.7 Å². The van der Waals surface area contributed by atoms with Crippen molar-refractivity contribution in [2.24, 2.45) is 0 Å². The van der Waals surface area contributed by atoms with E-state index >= 15 is 0 Å². The molecule has 1 saturated heterocycles. The van der Waals surface area contributed by atoms with Gasteiger partial charge in [0.25, 0.3) is 0 Å². The number of nitrogens with zero attached hydrogens (tertiary/aromatic N) is 1. The summed E-state index contributed by atoms with van der Waals surface area (Å²) in [5, 5.41) is 2.82. The van der Waals surface area contributed by atoms with Gasteiger partial charge in [0.1, 0.15) is 11.5 Å². The van der Waals surface area contributed by atoms with Crippen LogP contribution in [0.4, 0.5) is 4.79 Å². The summed E-state index contributed by atoms with van der Waals surface area (Å²) in [6, 6.07) is 0.0863. The van der Waals surface area contributed by atoms with Crippen molar-refractivity contribution in [2.45, 2.75) is 45.3 Å². The van der Waals surface area contributed by atoms with E-state index in [0.717, 1.165) is 12.8 Å². The molecule has 2 N–H and O–H groups in total. The Hall–Kier alpha value is -0.660. The molecule has 0 aromatic heterocycles. The highest BCUT2D eigenvalue weighted by atomic mass is 32.2. The van der Waals surface area contributed by atoms with Crippen molar-refractivity contribution in [3.05, 3.63) is 0 Å². The molecule has 6 nitrogen and oxygen atoms in total. The number of nitrogens with one attached hydrogen (secondary N) is 1. The lowest BCUT2D eigenvalue weighted by Gasteiger charge is -2.31. The van der Waals surface area contributed by atoms with E-state index in [9.17, 15) is 9.00 Å². The number of amides is 1. The highest BCUT2D eigenvalue weighted by Crippen LogP contribution is 2.12. The van der Waals surface area contributed by atoms with Gasteiger partial charge in [-0.15, -0.1) is 0 Å². The molecule has 1 atom stereocenters. The summed E-state index contributed by atoms with van der Waals surface area (Å²) in [7, 11) is 0. The van der Waals surface area contributed by atoms with Gasteiger partial charge in [-0.2, -0.15) is 0 Å². The summed E-state index contributed by atoms with van der Waals surface area (Å²) in [5.41, 5.74) is -0.488. The quantitative estimate of drug-likeness (QED) is 0.757. The van der Waals surface area contributed by atoms with Gasteiger partial charge in [-0.05, 0) is 33.6 Å². The molecule has 1 heterocycles. The average Bonchev–Trinajstić information content (AvgIpc) is 2.17. The summed E-state index contributed by atoms with van der Waals surface area (Å²) in [4.78, 5) is 13.5. The lowest BCUT2D eigenvalue weighted by molar-refractivity contribution is 0.0482. The van der Waals surface area contributed by atoms with Gasteiger partial charge < -0.3 is 14.6 Å². The molecule has 1 fully saturated rings. The minimum absolute atomic E-state index is 0.0863. The first kappa shape index (κ1) is 15.4. The Morgan fingerprint density at radius 2 is 2.00 bits per heavy atom. The van der Waals surface area contributed by atoms with Crippen molar-refractivity contribution in [2.75, 3.05) is 19.0 Å². The van der Waals surface area contributed by atoms with Crippen molar-refractivity contribution < 1.29 is 18.3 Å². The van der Waals surface area contributed by atoms with E-state index in [4.69, 9.17) is 9.29 Å². The lowest BCUT2D eigenvalue weighted by atomic mass is 10.1. The molecular weight excluding hydrogens is 256 g/mol. The number of hydrogen-bond acceptors (Lipinski definition) is 4. The molecule has 0 bridgehead atoms. The van der Waals surface area contributed by atoms with Crippen molar-refractivity contribution in [3.63, 3.8) is 0 Å². The van der Waals surface area contributed by atoms with Crippen molar-refractivity contribution in [3.8, 4) is 0 Å². The standard InChI is InChI=1S/C11H22N2O4S/c1-11(2,3)17-10(14)12-9-4-6-13(7-5-9)8-18(15)16/h9H,4-8H2,1-3H3,(H,12,14)(H,15,16). The monoisotopic (exact) mass is 278 g/mol. The largest absolute Gasteiger partial charge is 0.444 e. The fourth-order valence-corrected chi connectivity index (χ4v) is 2.41. The summed E-state index contributed by atoms with van der Waals surface area (Å²) in [6.07, 6.45) is 1.15. The first-order chi connectivity index (χ1) is 8.26. The zero-order valence-electron chi connectivity index (χ0n) is 11.1. The van der Waals surface area contributed by atoms with Gasteiger partial charge in [0, 0.05) is 19.1 Å². The molecule has 1 amide bonds. The first-order valence-corrected chi connectivity index (χ1v) is 7.33. The summed E-state index contributed by atoms with van der Waals surface area (Å²) < 4.78 is 24.6. The average molecular weight is 278 g/mol. The SMILES string of the molecule is CC(C)(C)OC(=O)NC1CCN(CS(=O)O)CC1. The van der Waals surface area contributed by atoms with Crippen LogP contribution >= 0.6 is 0 Å². The lowest BCUT2D eigenvalue weighted by Crippen LogP contribution is -2.46. The summed E-state index contributed by atoms with van der Waals surface area (Å²) in [5.74, 6) is 0.180. The van der Waals surface area contributed by atoms with Crippen LogP contribution in [0.5, 0.6) is 0 Å². The van der Waals surface area contributed by atoms with Crippen LogP contribution in [0.1, 0.15) is 33.6 Å². The zero-order valence-corrected chi connectivity index (χ0v) is 12.0. The van der Waals surface area contributed by atoms with E-state index < -0.39 is 22.8 Å². The maximum absolute atomic E-state index is 11.6. The molecule has 106 valence electrons. The number of rotatable bonds is 3. The molecule has 7 heteroatoms.